The number of methoxy groups -OCH3 is 1. The molecule has 0 rings (SSSR count). The van der Waals surface area contributed by atoms with E-state index in [4.69, 9.17) is 10.5 Å². The van der Waals surface area contributed by atoms with Gasteiger partial charge >= 0.3 is 0 Å². The van der Waals surface area contributed by atoms with Crippen LogP contribution in [0.2, 0.25) is 0 Å². The van der Waals surface area contributed by atoms with Crippen LogP contribution in [0.15, 0.2) is 0 Å². The van der Waals surface area contributed by atoms with Gasteiger partial charge in [-0.2, -0.15) is 0 Å². The molecule has 7 heteroatoms. The fourth-order valence-corrected chi connectivity index (χ4v) is 1.01. The van der Waals surface area contributed by atoms with Crippen molar-refractivity contribution in [2.24, 2.45) is 5.73 Å². The average molecular weight is 276 g/mol. The highest BCUT2D eigenvalue weighted by Gasteiger charge is 1.98. The van der Waals surface area contributed by atoms with Crippen molar-refractivity contribution < 1.29 is 9.53 Å². The Balaban J connectivity index is -0.000000845. The maximum absolute atomic E-state index is 10.8. The Kier molecular flexibility index (Phi) is 19.8. The van der Waals surface area contributed by atoms with Crippen LogP contribution in [-0.2, 0) is 9.53 Å². The molecule has 0 heterocycles. The summed E-state index contributed by atoms with van der Waals surface area (Å²) in [5.74, 6) is -0.0930. The Hall–Kier alpha value is -0.0700. The second-order valence-electron chi connectivity index (χ2n) is 3.20. The molecule has 0 saturated heterocycles. The lowest BCUT2D eigenvalue weighted by molar-refractivity contribution is -0.119. The third-order valence-electron chi connectivity index (χ3n) is 1.90. The Bertz CT molecular complexity index is 162. The molecular formula is C9H23Cl2N3O2. The van der Waals surface area contributed by atoms with E-state index in [1.54, 1.807) is 7.11 Å². The van der Waals surface area contributed by atoms with Gasteiger partial charge in [-0.3, -0.25) is 4.79 Å². The quantitative estimate of drug-likeness (QED) is 0.606. The van der Waals surface area contributed by atoms with Crippen LogP contribution in [0.4, 0.5) is 0 Å². The molecule has 0 aromatic rings. The van der Waals surface area contributed by atoms with Gasteiger partial charge in [0.1, 0.15) is 0 Å². The van der Waals surface area contributed by atoms with Crippen molar-refractivity contribution in [3.05, 3.63) is 0 Å². The van der Waals surface area contributed by atoms with Gasteiger partial charge in [-0.05, 0) is 20.0 Å². The molecule has 0 bridgehead atoms. The van der Waals surface area contributed by atoms with Crippen LogP contribution in [0.25, 0.3) is 0 Å². The van der Waals surface area contributed by atoms with Crippen molar-refractivity contribution >= 4 is 30.7 Å². The number of carbonyl (C=O) groups excluding carboxylic acids is 1. The second kappa shape index (κ2) is 14.9. The van der Waals surface area contributed by atoms with Crippen LogP contribution in [0, 0.1) is 0 Å². The van der Waals surface area contributed by atoms with Crippen molar-refractivity contribution in [1.82, 2.24) is 10.2 Å². The molecule has 0 fully saturated rings. The molecule has 0 aromatic carbocycles. The third-order valence-corrected chi connectivity index (χ3v) is 1.90. The van der Waals surface area contributed by atoms with E-state index < -0.39 is 0 Å². The summed E-state index contributed by atoms with van der Waals surface area (Å²) in [5.41, 5.74) is 5.14. The number of amides is 1. The van der Waals surface area contributed by atoms with Gasteiger partial charge in [-0.15, -0.1) is 24.8 Å². The summed E-state index contributed by atoms with van der Waals surface area (Å²) in [6, 6.07) is 0. The molecule has 16 heavy (non-hydrogen) atoms. The van der Waals surface area contributed by atoms with Crippen LogP contribution in [-0.4, -0.2) is 57.8 Å². The molecule has 0 aliphatic heterocycles. The first-order valence-electron chi connectivity index (χ1n) is 4.85. The topological polar surface area (TPSA) is 67.6 Å². The SMILES string of the molecule is COCCN(C)CCCNC(=O)CN.Cl.Cl. The van der Waals surface area contributed by atoms with Gasteiger partial charge in [-0.25, -0.2) is 0 Å². The van der Waals surface area contributed by atoms with Crippen molar-refractivity contribution in [2.75, 3.05) is 46.9 Å². The number of ether oxygens (including phenoxy) is 1. The molecule has 3 N–H and O–H groups in total. The highest BCUT2D eigenvalue weighted by Crippen LogP contribution is 1.86. The minimum Gasteiger partial charge on any atom is -0.383 e. The molecule has 100 valence electrons. The summed E-state index contributed by atoms with van der Waals surface area (Å²) >= 11 is 0. The summed E-state index contributed by atoms with van der Waals surface area (Å²) < 4.78 is 4.95. The van der Waals surface area contributed by atoms with Crippen molar-refractivity contribution in [1.29, 1.82) is 0 Å². The van der Waals surface area contributed by atoms with Gasteiger partial charge in [0.25, 0.3) is 0 Å². The number of hydrogen-bond acceptors (Lipinski definition) is 4. The first kappa shape index (κ1) is 21.2. The Labute approximate surface area is 110 Å². The molecule has 0 radical (unpaired) electrons. The maximum atomic E-state index is 10.8. The van der Waals surface area contributed by atoms with E-state index in [2.05, 4.69) is 10.2 Å². The summed E-state index contributed by atoms with van der Waals surface area (Å²) in [6.45, 7) is 3.37. The summed E-state index contributed by atoms with van der Waals surface area (Å²) in [4.78, 5) is 12.9. The lowest BCUT2D eigenvalue weighted by Gasteiger charge is -2.15. The molecule has 0 aliphatic carbocycles. The van der Waals surface area contributed by atoms with E-state index >= 15 is 0 Å². The number of rotatable bonds is 8. The van der Waals surface area contributed by atoms with Crippen LogP contribution in [0.5, 0.6) is 0 Å². The van der Waals surface area contributed by atoms with Crippen LogP contribution >= 0.6 is 24.8 Å². The average Bonchev–Trinajstić information content (AvgIpc) is 2.21. The largest absolute Gasteiger partial charge is 0.383 e. The maximum Gasteiger partial charge on any atom is 0.233 e. The van der Waals surface area contributed by atoms with E-state index in [-0.39, 0.29) is 37.3 Å². The Morgan fingerprint density at radius 1 is 1.38 bits per heavy atom. The molecule has 5 nitrogen and oxygen atoms in total. The Morgan fingerprint density at radius 3 is 2.50 bits per heavy atom. The normalized spacial score (nSPS) is 9.25. The van der Waals surface area contributed by atoms with Crippen molar-refractivity contribution in [2.45, 2.75) is 6.42 Å². The van der Waals surface area contributed by atoms with Crippen LogP contribution in [0.1, 0.15) is 6.42 Å². The molecule has 1 amide bonds. The number of likely N-dealkylation sites (N-methyl/N-ethyl adjacent to an activating group) is 1. The summed E-state index contributed by atoms with van der Waals surface area (Å²) in [7, 11) is 3.72. The highest BCUT2D eigenvalue weighted by molar-refractivity contribution is 5.85. The monoisotopic (exact) mass is 275 g/mol. The van der Waals surface area contributed by atoms with E-state index in [0.717, 1.165) is 26.1 Å². The predicted octanol–water partition coefficient (Wildman–Crippen LogP) is -0.127. The first-order chi connectivity index (χ1) is 6.70. The number of nitrogens with one attached hydrogen (secondary N) is 1. The first-order valence-corrected chi connectivity index (χ1v) is 4.85. The van der Waals surface area contributed by atoms with Gasteiger partial charge in [-0.1, -0.05) is 0 Å². The van der Waals surface area contributed by atoms with Crippen molar-refractivity contribution in [3.63, 3.8) is 0 Å². The van der Waals surface area contributed by atoms with E-state index in [0.29, 0.717) is 6.54 Å². The van der Waals surface area contributed by atoms with Crippen LogP contribution in [0.3, 0.4) is 0 Å². The number of nitrogens with zero attached hydrogens (tertiary/aromatic N) is 1. The zero-order chi connectivity index (χ0) is 10.8. The number of halogens is 2. The number of carbonyl (C=O) groups is 1. The van der Waals surface area contributed by atoms with Crippen LogP contribution < -0.4 is 11.1 Å². The van der Waals surface area contributed by atoms with Gasteiger partial charge in [0, 0.05) is 20.2 Å². The lowest BCUT2D eigenvalue weighted by Crippen LogP contribution is -2.33. The highest BCUT2D eigenvalue weighted by atomic mass is 35.5. The van der Waals surface area contributed by atoms with E-state index in [1.165, 1.54) is 0 Å². The molecule has 0 unspecified atom stereocenters. The fourth-order valence-electron chi connectivity index (χ4n) is 1.01. The zero-order valence-corrected chi connectivity index (χ0v) is 11.5. The van der Waals surface area contributed by atoms with Gasteiger partial charge < -0.3 is 20.7 Å². The standard InChI is InChI=1S/C9H21N3O2.2ClH/c1-12(6-7-14-2)5-3-4-11-9(13)8-10;;/h3-8,10H2,1-2H3,(H,11,13);2*1H. The minimum absolute atomic E-state index is 0. The molecular weight excluding hydrogens is 253 g/mol. The molecule has 0 aliphatic rings. The summed E-state index contributed by atoms with van der Waals surface area (Å²) in [5, 5.41) is 2.72. The van der Waals surface area contributed by atoms with Gasteiger partial charge in [0.2, 0.25) is 5.91 Å². The Morgan fingerprint density at radius 2 is 2.00 bits per heavy atom. The van der Waals surface area contributed by atoms with Gasteiger partial charge in [0.05, 0.1) is 13.2 Å². The molecule has 0 saturated carbocycles. The van der Waals surface area contributed by atoms with Crippen molar-refractivity contribution in [3.8, 4) is 0 Å². The second-order valence-corrected chi connectivity index (χ2v) is 3.20. The number of hydrogen-bond donors (Lipinski definition) is 2. The number of nitrogens with two attached hydrogens (primary N) is 1. The van der Waals surface area contributed by atoms with Gasteiger partial charge in [0.15, 0.2) is 0 Å². The smallest absolute Gasteiger partial charge is 0.233 e. The lowest BCUT2D eigenvalue weighted by atomic mass is 10.4. The minimum atomic E-state index is -0.0930. The third kappa shape index (κ3) is 13.9. The predicted molar refractivity (Wildman–Crippen MR) is 70.6 cm³/mol. The van der Waals surface area contributed by atoms with E-state index in [1.807, 2.05) is 7.05 Å². The molecule has 0 spiro atoms. The molecule has 0 aromatic heterocycles. The molecule has 0 atom stereocenters. The van der Waals surface area contributed by atoms with E-state index in [9.17, 15) is 4.79 Å². The summed E-state index contributed by atoms with van der Waals surface area (Å²) in [6.07, 6.45) is 0.936. The fraction of sp³-hybridized carbons (Fsp3) is 0.889. The zero-order valence-electron chi connectivity index (χ0n) is 9.90.